The minimum atomic E-state index is -4.77. The third-order valence-corrected chi connectivity index (χ3v) is 5.15. The van der Waals surface area contributed by atoms with E-state index in [1.165, 1.54) is 4.90 Å². The third kappa shape index (κ3) is 4.39. The maximum Gasteiger partial charge on any atom is 0.434 e. The zero-order valence-electron chi connectivity index (χ0n) is 15.5. The summed E-state index contributed by atoms with van der Waals surface area (Å²) < 4.78 is 43.6. The Kier molecular flexibility index (Phi) is 6.16. The van der Waals surface area contributed by atoms with Gasteiger partial charge in [-0.25, -0.2) is 4.98 Å². The topological polar surface area (TPSA) is 38.1 Å². The molecular weight excluding hydrogens is 491 g/mol. The predicted octanol–water partition coefficient (Wildman–Crippen LogP) is 6.07. The molecule has 148 valence electrons. The number of benzene rings is 1. The quantitative estimate of drug-likeness (QED) is 0.503. The number of aromatic nitrogens is 2. The number of carbonyl (C=O) groups excluding carboxylic acids is 1. The second kappa shape index (κ2) is 7.58. The first kappa shape index (κ1) is 21.9. The smallest absolute Gasteiger partial charge is 0.330 e. The molecule has 1 aromatic carbocycles. The average Bonchev–Trinajstić information content (AvgIpc) is 2.89. The fourth-order valence-electron chi connectivity index (χ4n) is 3.09. The van der Waals surface area contributed by atoms with E-state index in [1.807, 2.05) is 0 Å². The van der Waals surface area contributed by atoms with E-state index in [0.717, 1.165) is 10.9 Å². The molecule has 1 amide bonds. The number of imidazole rings is 1. The van der Waals surface area contributed by atoms with Gasteiger partial charge in [0.2, 0.25) is 0 Å². The van der Waals surface area contributed by atoms with Crippen molar-refractivity contribution in [1.29, 1.82) is 0 Å². The second-order valence-electron chi connectivity index (χ2n) is 7.32. The van der Waals surface area contributed by atoms with Crippen LogP contribution >= 0.6 is 31.9 Å². The molecule has 0 bridgehead atoms. The highest BCUT2D eigenvalue weighted by molar-refractivity contribution is 9.11. The molecule has 4 nitrogen and oxygen atoms in total. The standard InChI is InChI=1S/C18H20Br2F3N3O/c1-10(2)26(17(3,4)5)16(27)13-15(18(21,22)23)25(9-24-13)14-11(19)7-6-8-12(14)20/h6-10H,1-5H3. The van der Waals surface area contributed by atoms with Crippen molar-refractivity contribution < 1.29 is 18.0 Å². The van der Waals surface area contributed by atoms with Crippen LogP contribution in [0.3, 0.4) is 0 Å². The molecule has 0 spiro atoms. The van der Waals surface area contributed by atoms with Crippen molar-refractivity contribution in [3.63, 3.8) is 0 Å². The van der Waals surface area contributed by atoms with Crippen LogP contribution in [0.4, 0.5) is 13.2 Å². The Balaban J connectivity index is 2.74. The number of amides is 1. The van der Waals surface area contributed by atoms with E-state index in [4.69, 9.17) is 0 Å². The molecule has 0 aliphatic carbocycles. The van der Waals surface area contributed by atoms with Crippen LogP contribution in [0.2, 0.25) is 0 Å². The van der Waals surface area contributed by atoms with Gasteiger partial charge in [-0.3, -0.25) is 9.36 Å². The first-order valence-corrected chi connectivity index (χ1v) is 9.78. The number of carbonyl (C=O) groups is 1. The first-order chi connectivity index (χ1) is 12.3. The number of halogens is 5. The highest BCUT2D eigenvalue weighted by Gasteiger charge is 2.43. The van der Waals surface area contributed by atoms with E-state index >= 15 is 0 Å². The molecule has 0 aliphatic heterocycles. The minimum absolute atomic E-state index is 0.225. The summed E-state index contributed by atoms with van der Waals surface area (Å²) in [5.74, 6) is -0.758. The van der Waals surface area contributed by atoms with Crippen molar-refractivity contribution in [2.24, 2.45) is 0 Å². The Morgan fingerprint density at radius 1 is 1.15 bits per heavy atom. The number of alkyl halides is 3. The Bertz CT molecular complexity index is 834. The van der Waals surface area contributed by atoms with E-state index in [2.05, 4.69) is 36.8 Å². The van der Waals surface area contributed by atoms with Crippen LogP contribution < -0.4 is 0 Å². The second-order valence-corrected chi connectivity index (χ2v) is 9.03. The fraction of sp³-hybridized carbons (Fsp3) is 0.444. The molecular formula is C18H20Br2F3N3O. The summed E-state index contributed by atoms with van der Waals surface area (Å²) in [6, 6.07) is 4.64. The van der Waals surface area contributed by atoms with Crippen molar-refractivity contribution in [2.75, 3.05) is 0 Å². The maximum atomic E-state index is 14.0. The Morgan fingerprint density at radius 3 is 2.07 bits per heavy atom. The molecule has 1 aromatic heterocycles. The molecule has 0 saturated carbocycles. The summed E-state index contributed by atoms with van der Waals surface area (Å²) >= 11 is 6.55. The molecule has 27 heavy (non-hydrogen) atoms. The fourth-order valence-corrected chi connectivity index (χ4v) is 4.47. The molecule has 0 saturated heterocycles. The van der Waals surface area contributed by atoms with Crippen LogP contribution in [0, 0.1) is 0 Å². The number of rotatable bonds is 3. The van der Waals surface area contributed by atoms with Crippen LogP contribution in [-0.4, -0.2) is 31.9 Å². The van der Waals surface area contributed by atoms with Crippen LogP contribution in [0.15, 0.2) is 33.5 Å². The number of para-hydroxylation sites is 1. The van der Waals surface area contributed by atoms with Gasteiger partial charge in [0.15, 0.2) is 11.4 Å². The molecule has 1 heterocycles. The Hall–Kier alpha value is -1.35. The third-order valence-electron chi connectivity index (χ3n) is 3.87. The van der Waals surface area contributed by atoms with Crippen molar-refractivity contribution in [1.82, 2.24) is 14.5 Å². The van der Waals surface area contributed by atoms with Crippen molar-refractivity contribution >= 4 is 37.8 Å². The lowest BCUT2D eigenvalue weighted by atomic mass is 10.0. The largest absolute Gasteiger partial charge is 0.434 e. The van der Waals surface area contributed by atoms with E-state index in [9.17, 15) is 18.0 Å². The molecule has 0 N–H and O–H groups in total. The maximum absolute atomic E-state index is 14.0. The summed E-state index contributed by atoms with van der Waals surface area (Å²) in [5.41, 5.74) is -2.15. The first-order valence-electron chi connectivity index (χ1n) is 8.19. The van der Waals surface area contributed by atoms with Gasteiger partial charge in [-0.15, -0.1) is 0 Å². The molecule has 0 fully saturated rings. The number of hydrogen-bond acceptors (Lipinski definition) is 2. The molecule has 9 heteroatoms. The van der Waals surface area contributed by atoms with Gasteiger partial charge < -0.3 is 4.90 Å². The summed E-state index contributed by atoms with van der Waals surface area (Å²) in [6.45, 7) is 8.86. The SMILES string of the molecule is CC(C)N(C(=O)c1ncn(-c2c(Br)cccc2Br)c1C(F)(F)F)C(C)(C)C. The monoisotopic (exact) mass is 509 g/mol. The van der Waals surface area contributed by atoms with Crippen LogP contribution in [0.5, 0.6) is 0 Å². The van der Waals surface area contributed by atoms with E-state index in [1.54, 1.807) is 52.8 Å². The lowest BCUT2D eigenvalue weighted by Crippen LogP contribution is -2.50. The molecule has 0 unspecified atom stereocenters. The average molecular weight is 511 g/mol. The van der Waals surface area contributed by atoms with Gasteiger partial charge in [0, 0.05) is 20.5 Å². The van der Waals surface area contributed by atoms with Crippen LogP contribution in [0.1, 0.15) is 50.8 Å². The molecule has 0 radical (unpaired) electrons. The normalized spacial score (nSPS) is 12.6. The van der Waals surface area contributed by atoms with Gasteiger partial charge in [0.05, 0.1) is 5.69 Å². The lowest BCUT2D eigenvalue weighted by Gasteiger charge is -2.38. The predicted molar refractivity (Wildman–Crippen MR) is 105 cm³/mol. The van der Waals surface area contributed by atoms with Crippen LogP contribution in [-0.2, 0) is 6.18 Å². The van der Waals surface area contributed by atoms with Gasteiger partial charge in [-0.05, 0) is 78.6 Å². The Labute approximate surface area is 173 Å². The van der Waals surface area contributed by atoms with Crippen molar-refractivity contribution in [3.05, 3.63) is 44.9 Å². The van der Waals surface area contributed by atoms with E-state index < -0.39 is 29.0 Å². The molecule has 0 aliphatic rings. The van der Waals surface area contributed by atoms with Crippen LogP contribution in [0.25, 0.3) is 5.69 Å². The van der Waals surface area contributed by atoms with Crippen molar-refractivity contribution in [3.8, 4) is 5.69 Å². The van der Waals surface area contributed by atoms with Crippen molar-refractivity contribution in [2.45, 2.75) is 52.4 Å². The highest BCUT2D eigenvalue weighted by atomic mass is 79.9. The summed E-state index contributed by atoms with van der Waals surface area (Å²) in [4.78, 5) is 18.3. The van der Waals surface area contributed by atoms with Gasteiger partial charge in [-0.2, -0.15) is 13.2 Å². The Morgan fingerprint density at radius 2 is 1.67 bits per heavy atom. The van der Waals surface area contributed by atoms with Gasteiger partial charge >= 0.3 is 6.18 Å². The van der Waals surface area contributed by atoms with E-state index in [0.29, 0.717) is 8.95 Å². The minimum Gasteiger partial charge on any atom is -0.330 e. The zero-order valence-corrected chi connectivity index (χ0v) is 18.7. The molecule has 2 rings (SSSR count). The highest BCUT2D eigenvalue weighted by Crippen LogP contribution is 2.38. The summed E-state index contributed by atoms with van der Waals surface area (Å²) in [6.07, 6.45) is -3.74. The molecule has 2 aromatic rings. The zero-order chi connectivity index (χ0) is 20.7. The van der Waals surface area contributed by atoms with Gasteiger partial charge in [-0.1, -0.05) is 6.07 Å². The lowest BCUT2D eigenvalue weighted by molar-refractivity contribution is -0.142. The van der Waals surface area contributed by atoms with Gasteiger partial charge in [0.1, 0.15) is 6.33 Å². The van der Waals surface area contributed by atoms with E-state index in [-0.39, 0.29) is 11.7 Å². The number of nitrogens with zero attached hydrogens (tertiary/aromatic N) is 3. The number of hydrogen-bond donors (Lipinski definition) is 0. The summed E-state index contributed by atoms with van der Waals surface area (Å²) in [5, 5.41) is 0. The van der Waals surface area contributed by atoms with Gasteiger partial charge in [0.25, 0.3) is 5.91 Å². The summed E-state index contributed by atoms with van der Waals surface area (Å²) in [7, 11) is 0. The molecule has 0 atom stereocenters.